The monoisotopic (exact) mass is 223 g/mol. The molecule has 86 valence electrons. The van der Waals surface area contributed by atoms with Crippen molar-refractivity contribution in [2.75, 3.05) is 26.4 Å². The Morgan fingerprint density at radius 2 is 2.00 bits per heavy atom. The highest BCUT2D eigenvalue weighted by Crippen LogP contribution is 2.51. The summed E-state index contributed by atoms with van der Waals surface area (Å²) >= 11 is 0. The summed E-state index contributed by atoms with van der Waals surface area (Å²) in [6.45, 7) is 1.43. The van der Waals surface area contributed by atoms with E-state index in [1.807, 2.05) is 18.3 Å². The second-order valence-electron chi connectivity index (χ2n) is 4.54. The van der Waals surface area contributed by atoms with E-state index in [2.05, 4.69) is 4.98 Å². The highest BCUT2D eigenvalue weighted by atomic mass is 16.5. The molecule has 0 bridgehead atoms. The predicted molar refractivity (Wildman–Crippen MR) is 54.2 cm³/mol. The van der Waals surface area contributed by atoms with E-state index < -0.39 is 16.8 Å². The molecule has 2 saturated heterocycles. The molecule has 1 aromatic rings. The van der Waals surface area contributed by atoms with Gasteiger partial charge in [0.05, 0.1) is 31.8 Å². The first-order valence-corrected chi connectivity index (χ1v) is 5.24. The molecule has 0 atom stereocenters. The van der Waals surface area contributed by atoms with Crippen molar-refractivity contribution in [1.82, 2.24) is 4.98 Å². The van der Waals surface area contributed by atoms with E-state index >= 15 is 0 Å². The van der Waals surface area contributed by atoms with Crippen molar-refractivity contribution in [3.63, 3.8) is 0 Å². The van der Waals surface area contributed by atoms with E-state index in [1.165, 1.54) is 0 Å². The molecule has 16 heavy (non-hydrogen) atoms. The number of ether oxygens (including phenoxy) is 2. The number of carboxylic acids is 1. The van der Waals surface area contributed by atoms with Crippen molar-refractivity contribution in [2.24, 2.45) is 5.41 Å². The average Bonchev–Trinajstić information content (AvgIpc) is 2.59. The number of hydrogen-bond donors (Lipinski definition) is 2. The van der Waals surface area contributed by atoms with Crippen LogP contribution in [0.4, 0.5) is 0 Å². The molecule has 2 aliphatic rings. The van der Waals surface area contributed by atoms with E-state index in [0.29, 0.717) is 13.2 Å². The van der Waals surface area contributed by atoms with Gasteiger partial charge in [0.25, 0.3) is 0 Å². The fourth-order valence-electron chi connectivity index (χ4n) is 2.53. The molecule has 0 aliphatic carbocycles. The Morgan fingerprint density at radius 3 is 2.31 bits per heavy atom. The third-order valence-electron chi connectivity index (χ3n) is 3.83. The number of hydrogen-bond acceptors (Lipinski definition) is 3. The normalized spacial score (nSPS) is 25.5. The van der Waals surface area contributed by atoms with Crippen molar-refractivity contribution >= 4 is 5.97 Å². The van der Waals surface area contributed by atoms with E-state index in [0.717, 1.165) is 5.69 Å². The summed E-state index contributed by atoms with van der Waals surface area (Å²) in [5.41, 5.74) is -0.332. The number of carboxylic acid groups (broad SMARTS) is 1. The lowest BCUT2D eigenvalue weighted by Crippen LogP contribution is -2.70. The van der Waals surface area contributed by atoms with Crippen LogP contribution in [0.3, 0.4) is 0 Å². The summed E-state index contributed by atoms with van der Waals surface area (Å²) in [5, 5.41) is 9.43. The van der Waals surface area contributed by atoms with Gasteiger partial charge in [0, 0.05) is 11.9 Å². The Balaban J connectivity index is 2.05. The van der Waals surface area contributed by atoms with Crippen LogP contribution in [0, 0.1) is 5.41 Å². The fraction of sp³-hybridized carbons (Fsp3) is 0.545. The van der Waals surface area contributed by atoms with Gasteiger partial charge in [0.1, 0.15) is 5.41 Å². The molecule has 0 radical (unpaired) electrons. The van der Waals surface area contributed by atoms with Gasteiger partial charge in [-0.1, -0.05) is 0 Å². The maximum atomic E-state index is 11.5. The van der Waals surface area contributed by atoms with Gasteiger partial charge in [-0.25, -0.2) is 0 Å². The Kier molecular flexibility index (Phi) is 1.90. The molecule has 1 aromatic heterocycles. The SMILES string of the molecule is O=C(O)C1(C2(c3ccc[nH]3)COC2)COC1. The number of aromatic nitrogens is 1. The van der Waals surface area contributed by atoms with Crippen molar-refractivity contribution in [3.8, 4) is 0 Å². The maximum Gasteiger partial charge on any atom is 0.315 e. The molecule has 5 nitrogen and oxygen atoms in total. The Labute approximate surface area is 92.4 Å². The van der Waals surface area contributed by atoms with Gasteiger partial charge in [-0.05, 0) is 12.1 Å². The average molecular weight is 223 g/mol. The van der Waals surface area contributed by atoms with Crippen LogP contribution in [0.15, 0.2) is 18.3 Å². The van der Waals surface area contributed by atoms with Gasteiger partial charge >= 0.3 is 5.97 Å². The molecule has 2 fully saturated rings. The number of carbonyl (C=O) groups is 1. The Morgan fingerprint density at radius 1 is 1.31 bits per heavy atom. The largest absolute Gasteiger partial charge is 0.481 e. The minimum absolute atomic E-state index is 0.269. The standard InChI is InChI=1S/C11H13NO4/c13-9(14)11(6-16-7-11)10(4-15-5-10)8-2-1-3-12-8/h1-3,12H,4-7H2,(H,13,14). The lowest BCUT2D eigenvalue weighted by Gasteiger charge is -2.56. The lowest BCUT2D eigenvalue weighted by molar-refractivity contribution is -0.237. The number of rotatable bonds is 3. The van der Waals surface area contributed by atoms with E-state index in [1.54, 1.807) is 0 Å². The smallest absolute Gasteiger partial charge is 0.315 e. The summed E-state index contributed by atoms with van der Waals surface area (Å²) in [5.74, 6) is -0.795. The number of H-pyrrole nitrogens is 1. The summed E-state index contributed by atoms with van der Waals surface area (Å²) < 4.78 is 10.4. The van der Waals surface area contributed by atoms with Crippen molar-refractivity contribution in [1.29, 1.82) is 0 Å². The van der Waals surface area contributed by atoms with Crippen LogP contribution >= 0.6 is 0 Å². The van der Waals surface area contributed by atoms with Crippen LogP contribution in [0.25, 0.3) is 0 Å². The second kappa shape index (κ2) is 3.09. The van der Waals surface area contributed by atoms with Gasteiger partial charge < -0.3 is 19.6 Å². The zero-order valence-corrected chi connectivity index (χ0v) is 8.73. The van der Waals surface area contributed by atoms with Crippen LogP contribution in [-0.2, 0) is 19.7 Å². The molecule has 3 rings (SSSR count). The molecule has 0 aromatic carbocycles. The van der Waals surface area contributed by atoms with E-state index in [9.17, 15) is 9.90 Å². The van der Waals surface area contributed by atoms with Gasteiger partial charge in [-0.3, -0.25) is 4.79 Å². The minimum atomic E-state index is -0.823. The zero-order valence-electron chi connectivity index (χ0n) is 8.73. The molecule has 2 aliphatic heterocycles. The Bertz CT molecular complexity index is 404. The third-order valence-corrected chi connectivity index (χ3v) is 3.83. The molecule has 0 unspecified atom stereocenters. The van der Waals surface area contributed by atoms with Gasteiger partial charge in [0.15, 0.2) is 0 Å². The highest BCUT2D eigenvalue weighted by Gasteiger charge is 2.66. The van der Waals surface area contributed by atoms with Gasteiger partial charge in [-0.15, -0.1) is 0 Å². The summed E-state index contributed by atoms with van der Waals surface area (Å²) in [4.78, 5) is 14.6. The quantitative estimate of drug-likeness (QED) is 0.777. The minimum Gasteiger partial charge on any atom is -0.481 e. The van der Waals surface area contributed by atoms with E-state index in [4.69, 9.17) is 9.47 Å². The van der Waals surface area contributed by atoms with E-state index in [-0.39, 0.29) is 13.2 Å². The van der Waals surface area contributed by atoms with Gasteiger partial charge in [-0.2, -0.15) is 0 Å². The maximum absolute atomic E-state index is 11.5. The first-order chi connectivity index (χ1) is 7.71. The summed E-state index contributed by atoms with van der Waals surface area (Å²) in [7, 11) is 0. The molecule has 2 N–H and O–H groups in total. The van der Waals surface area contributed by atoms with Crippen LogP contribution in [-0.4, -0.2) is 42.5 Å². The van der Waals surface area contributed by atoms with Gasteiger partial charge in [0.2, 0.25) is 0 Å². The summed E-state index contributed by atoms with van der Waals surface area (Å²) in [6.07, 6.45) is 1.81. The molecule has 0 spiro atoms. The van der Waals surface area contributed by atoms with Crippen LogP contribution in [0.2, 0.25) is 0 Å². The Hall–Kier alpha value is -1.33. The van der Waals surface area contributed by atoms with Crippen LogP contribution in [0.5, 0.6) is 0 Å². The zero-order chi connectivity index (χ0) is 11.2. The molecule has 3 heterocycles. The number of nitrogens with one attached hydrogen (secondary N) is 1. The third kappa shape index (κ3) is 0.948. The fourth-order valence-corrected chi connectivity index (χ4v) is 2.53. The van der Waals surface area contributed by atoms with Crippen molar-refractivity contribution in [2.45, 2.75) is 5.41 Å². The second-order valence-corrected chi connectivity index (χ2v) is 4.54. The molecule has 0 saturated carbocycles. The summed E-state index contributed by atoms with van der Waals surface area (Å²) in [6, 6.07) is 3.80. The first kappa shape index (κ1) is 9.86. The highest BCUT2D eigenvalue weighted by molar-refractivity contribution is 5.79. The molecular weight excluding hydrogens is 210 g/mol. The van der Waals surface area contributed by atoms with Crippen LogP contribution < -0.4 is 0 Å². The van der Waals surface area contributed by atoms with Crippen molar-refractivity contribution < 1.29 is 19.4 Å². The number of aromatic amines is 1. The predicted octanol–water partition coefficient (Wildman–Crippen LogP) is 0.384. The van der Waals surface area contributed by atoms with Crippen molar-refractivity contribution in [3.05, 3.63) is 24.0 Å². The first-order valence-electron chi connectivity index (χ1n) is 5.24. The molecule has 5 heteroatoms. The molecular formula is C11H13NO4. The molecule has 0 amide bonds. The lowest BCUT2D eigenvalue weighted by atomic mass is 9.58. The number of aliphatic carboxylic acids is 1. The van der Waals surface area contributed by atoms with Crippen LogP contribution in [0.1, 0.15) is 5.69 Å². The topological polar surface area (TPSA) is 71.5 Å².